The molecule has 0 saturated carbocycles. The van der Waals surface area contributed by atoms with E-state index in [1.807, 2.05) is 19.1 Å². The molecule has 5 nitrogen and oxygen atoms in total. The van der Waals surface area contributed by atoms with Crippen molar-refractivity contribution in [2.45, 2.75) is 45.7 Å². The smallest absolute Gasteiger partial charge is 0.309 e. The minimum atomic E-state index is -0.163. The van der Waals surface area contributed by atoms with Gasteiger partial charge in [-0.2, -0.15) is 0 Å². The molecule has 0 spiro atoms. The molecule has 0 aromatic heterocycles. The lowest BCUT2D eigenvalue weighted by Gasteiger charge is -2.29. The summed E-state index contributed by atoms with van der Waals surface area (Å²) in [5.41, 5.74) is 0. The van der Waals surface area contributed by atoms with Crippen molar-refractivity contribution < 1.29 is 14.6 Å². The normalized spacial score (nSPS) is 20.0. The Hall–Kier alpha value is -1.17. The zero-order chi connectivity index (χ0) is 16.9. The molecule has 1 aliphatic heterocycles. The first kappa shape index (κ1) is 19.9. The third-order valence-corrected chi connectivity index (χ3v) is 3.98. The highest BCUT2D eigenvalue weighted by Gasteiger charge is 2.30. The molecule has 0 bridgehead atoms. The van der Waals surface area contributed by atoms with Crippen LogP contribution in [0.2, 0.25) is 0 Å². The van der Waals surface area contributed by atoms with E-state index in [2.05, 4.69) is 28.9 Å². The van der Waals surface area contributed by atoms with Gasteiger partial charge in [-0.05, 0) is 19.3 Å². The lowest BCUT2D eigenvalue weighted by Crippen LogP contribution is -2.41. The molecule has 132 valence electrons. The zero-order valence-electron chi connectivity index (χ0n) is 14.6. The summed E-state index contributed by atoms with van der Waals surface area (Å²) < 4.78 is 5.30. The van der Waals surface area contributed by atoms with Crippen molar-refractivity contribution in [2.75, 3.05) is 39.4 Å². The molecule has 0 aromatic rings. The van der Waals surface area contributed by atoms with Crippen LogP contribution in [-0.4, -0.2) is 66.4 Å². The number of aliphatic hydroxyl groups excluding tert-OH is 1. The summed E-state index contributed by atoms with van der Waals surface area (Å²) in [5.74, 6) is -0.163. The van der Waals surface area contributed by atoms with Gasteiger partial charge in [0.05, 0.1) is 19.2 Å². The van der Waals surface area contributed by atoms with E-state index >= 15 is 0 Å². The molecule has 0 amide bonds. The number of allylic oxidation sites excluding steroid dienone is 2. The summed E-state index contributed by atoms with van der Waals surface area (Å²) in [7, 11) is 0. The zero-order valence-corrected chi connectivity index (χ0v) is 14.6. The van der Waals surface area contributed by atoms with Gasteiger partial charge in [0.2, 0.25) is 0 Å². The van der Waals surface area contributed by atoms with E-state index in [1.165, 1.54) is 0 Å². The Balaban J connectivity index is 2.38. The second kappa shape index (κ2) is 12.3. The van der Waals surface area contributed by atoms with Gasteiger partial charge in [0.15, 0.2) is 0 Å². The lowest BCUT2D eigenvalue weighted by molar-refractivity contribution is -0.143. The van der Waals surface area contributed by atoms with E-state index in [0.717, 1.165) is 38.9 Å². The van der Waals surface area contributed by atoms with Crippen LogP contribution in [-0.2, 0) is 9.53 Å². The Kier molecular flexibility index (Phi) is 10.6. The van der Waals surface area contributed by atoms with Crippen LogP contribution < -0.4 is 0 Å². The standard InChI is InChI=1S/C18H32N2O3/c1-3-5-7-9-17-19(13-15-21)11-12-20(17)14-16-23-18(22)10-8-6-4-2/h5-8,17,21H,3-4,9-16H2,1-2H3. The number of esters is 1. The lowest BCUT2D eigenvalue weighted by atomic mass is 10.2. The maximum atomic E-state index is 11.6. The van der Waals surface area contributed by atoms with Gasteiger partial charge in [-0.15, -0.1) is 0 Å². The molecule has 23 heavy (non-hydrogen) atoms. The average Bonchev–Trinajstić information content (AvgIpc) is 2.91. The van der Waals surface area contributed by atoms with Crippen LogP contribution in [0.3, 0.4) is 0 Å². The van der Waals surface area contributed by atoms with Crippen molar-refractivity contribution in [3.63, 3.8) is 0 Å². The topological polar surface area (TPSA) is 53.0 Å². The van der Waals surface area contributed by atoms with Gasteiger partial charge in [0, 0.05) is 26.2 Å². The quantitative estimate of drug-likeness (QED) is 0.466. The van der Waals surface area contributed by atoms with Crippen LogP contribution in [0.15, 0.2) is 24.3 Å². The minimum absolute atomic E-state index is 0.163. The second-order valence-corrected chi connectivity index (χ2v) is 5.70. The van der Waals surface area contributed by atoms with Gasteiger partial charge in [0.1, 0.15) is 6.61 Å². The number of carbonyl (C=O) groups excluding carboxylic acids is 1. The minimum Gasteiger partial charge on any atom is -0.464 e. The first-order valence-electron chi connectivity index (χ1n) is 8.77. The Morgan fingerprint density at radius 3 is 2.39 bits per heavy atom. The van der Waals surface area contributed by atoms with Gasteiger partial charge >= 0.3 is 5.97 Å². The van der Waals surface area contributed by atoms with Gasteiger partial charge in [-0.25, -0.2) is 0 Å². The van der Waals surface area contributed by atoms with Crippen molar-refractivity contribution in [1.82, 2.24) is 9.80 Å². The summed E-state index contributed by atoms with van der Waals surface area (Å²) in [6.45, 7) is 8.14. The molecule has 1 rings (SSSR count). The number of aliphatic hydroxyl groups is 1. The number of hydrogen-bond acceptors (Lipinski definition) is 5. The molecule has 1 fully saturated rings. The van der Waals surface area contributed by atoms with E-state index < -0.39 is 0 Å². The van der Waals surface area contributed by atoms with Gasteiger partial charge in [-0.1, -0.05) is 38.2 Å². The number of ether oxygens (including phenoxy) is 1. The third-order valence-electron chi connectivity index (χ3n) is 3.98. The Bertz CT molecular complexity index is 382. The summed E-state index contributed by atoms with van der Waals surface area (Å²) in [6.07, 6.45) is 11.8. The van der Waals surface area contributed by atoms with E-state index in [0.29, 0.717) is 25.7 Å². The Labute approximate surface area is 140 Å². The summed E-state index contributed by atoms with van der Waals surface area (Å²) in [6, 6.07) is 0. The van der Waals surface area contributed by atoms with E-state index in [1.54, 1.807) is 0 Å². The highest BCUT2D eigenvalue weighted by atomic mass is 16.5. The first-order chi connectivity index (χ1) is 11.2. The van der Waals surface area contributed by atoms with Crippen molar-refractivity contribution in [3.8, 4) is 0 Å². The number of carbonyl (C=O) groups is 1. The molecule has 1 saturated heterocycles. The van der Waals surface area contributed by atoms with Gasteiger partial charge in [0.25, 0.3) is 0 Å². The molecule has 1 aliphatic rings. The van der Waals surface area contributed by atoms with Crippen molar-refractivity contribution in [1.29, 1.82) is 0 Å². The summed E-state index contributed by atoms with van der Waals surface area (Å²) >= 11 is 0. The second-order valence-electron chi connectivity index (χ2n) is 5.70. The van der Waals surface area contributed by atoms with E-state index in [9.17, 15) is 9.90 Å². The molecule has 1 heterocycles. The summed E-state index contributed by atoms with van der Waals surface area (Å²) in [5, 5.41) is 9.20. The van der Waals surface area contributed by atoms with Gasteiger partial charge < -0.3 is 9.84 Å². The molecule has 1 atom stereocenters. The van der Waals surface area contributed by atoms with Crippen LogP contribution >= 0.6 is 0 Å². The Morgan fingerprint density at radius 2 is 1.74 bits per heavy atom. The molecule has 5 heteroatoms. The predicted octanol–water partition coefficient (Wildman–Crippen LogP) is 2.18. The van der Waals surface area contributed by atoms with Gasteiger partial charge in [-0.3, -0.25) is 14.6 Å². The van der Waals surface area contributed by atoms with Crippen molar-refractivity contribution in [2.24, 2.45) is 0 Å². The van der Waals surface area contributed by atoms with Crippen LogP contribution in [0, 0.1) is 0 Å². The number of β-amino-alcohol motifs (C(OH)–C–C–N with tert-alkyl or cyclic N) is 1. The number of rotatable bonds is 11. The van der Waals surface area contributed by atoms with E-state index in [-0.39, 0.29) is 12.6 Å². The predicted molar refractivity (Wildman–Crippen MR) is 93.1 cm³/mol. The molecule has 0 aliphatic carbocycles. The largest absolute Gasteiger partial charge is 0.464 e. The molecule has 0 radical (unpaired) electrons. The van der Waals surface area contributed by atoms with E-state index in [4.69, 9.17) is 4.74 Å². The fourth-order valence-electron chi connectivity index (χ4n) is 2.80. The van der Waals surface area contributed by atoms with Crippen molar-refractivity contribution >= 4 is 5.97 Å². The highest BCUT2D eigenvalue weighted by Crippen LogP contribution is 2.17. The van der Waals surface area contributed by atoms with Crippen LogP contribution in [0.25, 0.3) is 0 Å². The average molecular weight is 324 g/mol. The first-order valence-corrected chi connectivity index (χ1v) is 8.77. The SMILES string of the molecule is CCC=CCC(=O)OCCN1CCN(CCO)C1CC=CCC. The van der Waals surface area contributed by atoms with Crippen LogP contribution in [0.4, 0.5) is 0 Å². The fourth-order valence-corrected chi connectivity index (χ4v) is 2.80. The maximum Gasteiger partial charge on any atom is 0.309 e. The number of nitrogens with zero attached hydrogens (tertiary/aromatic N) is 2. The summed E-state index contributed by atoms with van der Waals surface area (Å²) in [4.78, 5) is 16.2. The number of hydrogen-bond donors (Lipinski definition) is 1. The molecular weight excluding hydrogens is 292 g/mol. The third kappa shape index (κ3) is 7.77. The fraction of sp³-hybridized carbons (Fsp3) is 0.722. The molecule has 1 unspecified atom stereocenters. The molecule has 1 N–H and O–H groups in total. The Morgan fingerprint density at radius 1 is 1.09 bits per heavy atom. The molecular formula is C18H32N2O3. The van der Waals surface area contributed by atoms with Crippen LogP contribution in [0.1, 0.15) is 39.5 Å². The maximum absolute atomic E-state index is 11.6. The molecule has 0 aromatic carbocycles. The van der Waals surface area contributed by atoms with Crippen molar-refractivity contribution in [3.05, 3.63) is 24.3 Å². The monoisotopic (exact) mass is 324 g/mol. The highest BCUT2D eigenvalue weighted by molar-refractivity contribution is 5.71. The van der Waals surface area contributed by atoms with Crippen LogP contribution in [0.5, 0.6) is 0 Å².